The molecular formula is C15H21FN2O2S. The maximum absolute atomic E-state index is 12.9. The Labute approximate surface area is 125 Å². The van der Waals surface area contributed by atoms with Crippen LogP contribution in [0.1, 0.15) is 18.4 Å². The van der Waals surface area contributed by atoms with Crippen molar-refractivity contribution in [3.63, 3.8) is 0 Å². The third kappa shape index (κ3) is 4.02. The van der Waals surface area contributed by atoms with Crippen LogP contribution in [0.3, 0.4) is 0 Å². The van der Waals surface area contributed by atoms with Crippen molar-refractivity contribution in [1.82, 2.24) is 9.21 Å². The largest absolute Gasteiger partial charge is 0.300 e. The lowest BCUT2D eigenvalue weighted by molar-refractivity contribution is 0.182. The molecule has 0 atom stereocenters. The molecule has 1 saturated heterocycles. The minimum absolute atomic E-state index is 0.0457. The lowest BCUT2D eigenvalue weighted by Gasteiger charge is -2.34. The Morgan fingerprint density at radius 3 is 2.24 bits per heavy atom. The van der Waals surface area contributed by atoms with E-state index in [-0.39, 0.29) is 11.6 Å². The Kier molecular flexibility index (Phi) is 4.28. The van der Waals surface area contributed by atoms with Crippen LogP contribution in [0.4, 0.5) is 4.39 Å². The van der Waals surface area contributed by atoms with Gasteiger partial charge in [0.2, 0.25) is 10.0 Å². The molecule has 6 heteroatoms. The second kappa shape index (κ2) is 6.02. The number of piperazine rings is 1. The molecular weight excluding hydrogens is 291 g/mol. The van der Waals surface area contributed by atoms with E-state index in [0.717, 1.165) is 25.6 Å². The van der Waals surface area contributed by atoms with Gasteiger partial charge in [-0.1, -0.05) is 12.1 Å². The molecule has 4 nitrogen and oxygen atoms in total. The lowest BCUT2D eigenvalue weighted by Crippen LogP contribution is -2.49. The van der Waals surface area contributed by atoms with Crippen LogP contribution >= 0.6 is 0 Å². The fourth-order valence-electron chi connectivity index (χ4n) is 2.74. The van der Waals surface area contributed by atoms with Gasteiger partial charge in [0.25, 0.3) is 0 Å². The van der Waals surface area contributed by atoms with Crippen LogP contribution in [-0.4, -0.2) is 50.3 Å². The Bertz CT molecular complexity index is 576. The number of benzene rings is 1. The number of rotatable bonds is 5. The number of hydrogen-bond acceptors (Lipinski definition) is 3. The molecule has 3 rings (SSSR count). The third-order valence-corrected chi connectivity index (χ3v) is 6.05. The molecule has 1 aromatic carbocycles. The standard InChI is InChI=1S/C15H21FN2O2S/c16-15-5-3-14(4-6-15)12-21(19,20)18-9-7-17(8-10-18)11-13-1-2-13/h3-6,13H,1-2,7-12H2. The molecule has 0 radical (unpaired) electrons. The molecule has 2 aliphatic rings. The lowest BCUT2D eigenvalue weighted by atomic mass is 10.2. The molecule has 0 bridgehead atoms. The SMILES string of the molecule is O=S(=O)(Cc1ccc(F)cc1)N1CCN(CC2CC2)CC1. The molecule has 0 amide bonds. The van der Waals surface area contributed by atoms with Gasteiger partial charge in [-0.05, 0) is 36.5 Å². The monoisotopic (exact) mass is 312 g/mol. The van der Waals surface area contributed by atoms with Crippen molar-refractivity contribution in [1.29, 1.82) is 0 Å². The molecule has 0 aromatic heterocycles. The molecule has 2 fully saturated rings. The zero-order chi connectivity index (χ0) is 14.9. The molecule has 0 spiro atoms. The maximum Gasteiger partial charge on any atom is 0.218 e. The average Bonchev–Trinajstić information content (AvgIpc) is 3.26. The Morgan fingerprint density at radius 1 is 1.05 bits per heavy atom. The van der Waals surface area contributed by atoms with Crippen molar-refractivity contribution >= 4 is 10.0 Å². The maximum atomic E-state index is 12.9. The van der Waals surface area contributed by atoms with Gasteiger partial charge in [-0.3, -0.25) is 0 Å². The van der Waals surface area contributed by atoms with Gasteiger partial charge in [0.15, 0.2) is 0 Å². The van der Waals surface area contributed by atoms with E-state index in [2.05, 4.69) is 4.90 Å². The summed E-state index contributed by atoms with van der Waals surface area (Å²) in [6, 6.07) is 5.68. The van der Waals surface area contributed by atoms with E-state index in [4.69, 9.17) is 0 Å². The summed E-state index contributed by atoms with van der Waals surface area (Å²) in [5.74, 6) is 0.452. The summed E-state index contributed by atoms with van der Waals surface area (Å²) < 4.78 is 39.2. The molecule has 1 saturated carbocycles. The number of hydrogen-bond donors (Lipinski definition) is 0. The van der Waals surface area contributed by atoms with Crippen molar-refractivity contribution in [2.24, 2.45) is 5.92 Å². The highest BCUT2D eigenvalue weighted by atomic mass is 32.2. The summed E-state index contributed by atoms with van der Waals surface area (Å²) in [7, 11) is -3.30. The topological polar surface area (TPSA) is 40.6 Å². The fourth-order valence-corrected chi connectivity index (χ4v) is 4.25. The van der Waals surface area contributed by atoms with Crippen LogP contribution in [-0.2, 0) is 15.8 Å². The van der Waals surface area contributed by atoms with Crippen LogP contribution in [0.5, 0.6) is 0 Å². The molecule has 1 aromatic rings. The van der Waals surface area contributed by atoms with Gasteiger partial charge in [0.05, 0.1) is 5.75 Å². The van der Waals surface area contributed by atoms with Gasteiger partial charge in [-0.25, -0.2) is 12.8 Å². The minimum Gasteiger partial charge on any atom is -0.300 e. The second-order valence-corrected chi connectivity index (χ2v) is 7.99. The Hall–Kier alpha value is -0.980. The molecule has 21 heavy (non-hydrogen) atoms. The quantitative estimate of drug-likeness (QED) is 0.831. The first-order valence-corrected chi connectivity index (χ1v) is 9.08. The zero-order valence-corrected chi connectivity index (χ0v) is 12.9. The van der Waals surface area contributed by atoms with Gasteiger partial charge in [-0.2, -0.15) is 4.31 Å². The average molecular weight is 312 g/mol. The highest BCUT2D eigenvalue weighted by molar-refractivity contribution is 7.88. The predicted molar refractivity (Wildman–Crippen MR) is 79.8 cm³/mol. The summed E-state index contributed by atoms with van der Waals surface area (Å²) in [5.41, 5.74) is 0.636. The van der Waals surface area contributed by atoms with Gasteiger partial charge < -0.3 is 4.90 Å². The van der Waals surface area contributed by atoms with Gasteiger partial charge in [-0.15, -0.1) is 0 Å². The molecule has 1 aliphatic heterocycles. The van der Waals surface area contributed by atoms with Crippen LogP contribution in [0.2, 0.25) is 0 Å². The summed E-state index contributed by atoms with van der Waals surface area (Å²) >= 11 is 0. The van der Waals surface area contributed by atoms with Gasteiger partial charge in [0.1, 0.15) is 5.82 Å². The summed E-state index contributed by atoms with van der Waals surface area (Å²) in [4.78, 5) is 2.36. The van der Waals surface area contributed by atoms with E-state index in [1.54, 1.807) is 4.31 Å². The number of halogens is 1. The van der Waals surface area contributed by atoms with Gasteiger partial charge in [0, 0.05) is 32.7 Å². The highest BCUT2D eigenvalue weighted by Crippen LogP contribution is 2.30. The molecule has 0 N–H and O–H groups in total. The molecule has 0 unspecified atom stereocenters. The first kappa shape index (κ1) is 14.9. The van der Waals surface area contributed by atoms with Crippen LogP contribution < -0.4 is 0 Å². The third-order valence-electron chi connectivity index (χ3n) is 4.20. The van der Waals surface area contributed by atoms with Crippen molar-refractivity contribution < 1.29 is 12.8 Å². The number of nitrogens with zero attached hydrogens (tertiary/aromatic N) is 2. The van der Waals surface area contributed by atoms with E-state index >= 15 is 0 Å². The van der Waals surface area contributed by atoms with Crippen molar-refractivity contribution in [3.8, 4) is 0 Å². The Morgan fingerprint density at radius 2 is 1.67 bits per heavy atom. The molecule has 116 valence electrons. The highest BCUT2D eigenvalue weighted by Gasteiger charge is 2.30. The van der Waals surface area contributed by atoms with E-state index in [1.807, 2.05) is 0 Å². The first-order valence-electron chi connectivity index (χ1n) is 7.47. The second-order valence-electron chi connectivity index (χ2n) is 6.03. The summed E-state index contributed by atoms with van der Waals surface area (Å²) in [6.45, 7) is 3.89. The van der Waals surface area contributed by atoms with Crippen LogP contribution in [0, 0.1) is 11.7 Å². The van der Waals surface area contributed by atoms with Gasteiger partial charge >= 0.3 is 0 Å². The van der Waals surface area contributed by atoms with E-state index in [1.165, 1.54) is 37.1 Å². The fraction of sp³-hybridized carbons (Fsp3) is 0.600. The first-order chi connectivity index (χ1) is 10.0. The van der Waals surface area contributed by atoms with E-state index in [9.17, 15) is 12.8 Å². The van der Waals surface area contributed by atoms with E-state index < -0.39 is 10.0 Å². The zero-order valence-electron chi connectivity index (χ0n) is 12.0. The Balaban J connectivity index is 1.56. The van der Waals surface area contributed by atoms with Crippen molar-refractivity contribution in [2.75, 3.05) is 32.7 Å². The molecule has 1 heterocycles. The minimum atomic E-state index is -3.30. The smallest absolute Gasteiger partial charge is 0.218 e. The summed E-state index contributed by atoms with van der Waals surface area (Å²) in [5, 5.41) is 0. The van der Waals surface area contributed by atoms with Crippen molar-refractivity contribution in [3.05, 3.63) is 35.6 Å². The predicted octanol–water partition coefficient (Wildman–Crippen LogP) is 1.68. The molecule has 1 aliphatic carbocycles. The van der Waals surface area contributed by atoms with Crippen molar-refractivity contribution in [2.45, 2.75) is 18.6 Å². The van der Waals surface area contributed by atoms with Crippen LogP contribution in [0.25, 0.3) is 0 Å². The normalized spacial score (nSPS) is 21.6. The number of sulfonamides is 1. The van der Waals surface area contributed by atoms with E-state index in [0.29, 0.717) is 18.7 Å². The van der Waals surface area contributed by atoms with Crippen LogP contribution in [0.15, 0.2) is 24.3 Å². The summed E-state index contributed by atoms with van der Waals surface area (Å²) in [6.07, 6.45) is 2.64.